The number of nitrogens with zero attached hydrogens (tertiary/aromatic N) is 1. The van der Waals surface area contributed by atoms with Gasteiger partial charge >= 0.3 is 0 Å². The highest BCUT2D eigenvalue weighted by Gasteiger charge is 2.53. The fourth-order valence-corrected chi connectivity index (χ4v) is 11.6. The monoisotopic (exact) mass is 783 g/mol. The summed E-state index contributed by atoms with van der Waals surface area (Å²) in [5.74, 6) is 2.96. The molecular weight excluding hydrogens is 743 g/mol. The molecule has 0 bridgehead atoms. The molecule has 5 aliphatic rings. The minimum Gasteiger partial charge on any atom is -0.449 e. The third kappa shape index (κ3) is 4.58. The van der Waals surface area contributed by atoms with Crippen LogP contribution in [0, 0.1) is 0 Å². The molecule has 0 fully saturated rings. The van der Waals surface area contributed by atoms with E-state index in [9.17, 15) is 0 Å². The van der Waals surface area contributed by atoms with E-state index in [1.807, 2.05) is 0 Å². The Morgan fingerprint density at radius 1 is 0.443 bits per heavy atom. The van der Waals surface area contributed by atoms with Gasteiger partial charge in [0.25, 0.3) is 0 Å². The van der Waals surface area contributed by atoms with Crippen molar-refractivity contribution in [3.8, 4) is 56.4 Å². The van der Waals surface area contributed by atoms with Crippen LogP contribution >= 0.6 is 0 Å². The first-order valence-corrected chi connectivity index (χ1v) is 21.4. The minimum atomic E-state index is -0.463. The van der Waals surface area contributed by atoms with E-state index in [2.05, 4.69) is 219 Å². The second kappa shape index (κ2) is 12.6. The lowest BCUT2D eigenvalue weighted by atomic mass is 9.70. The third-order valence-corrected chi connectivity index (χ3v) is 14.2. The van der Waals surface area contributed by atoms with Gasteiger partial charge in [-0.05, 0) is 97.1 Å². The van der Waals surface area contributed by atoms with Gasteiger partial charge in [-0.3, -0.25) is 0 Å². The maximum atomic E-state index is 7.20. The molecule has 0 saturated heterocycles. The summed E-state index contributed by atoms with van der Waals surface area (Å²) in [4.78, 5) is 2.44. The summed E-state index contributed by atoms with van der Waals surface area (Å²) < 4.78 is 14.4. The molecule has 0 amide bonds. The maximum Gasteiger partial charge on any atom is 0.193 e. The Labute approximate surface area is 356 Å². The van der Waals surface area contributed by atoms with Gasteiger partial charge in [-0.15, -0.1) is 0 Å². The number of allylic oxidation sites excluding steroid dienone is 2. The molecule has 1 aliphatic heterocycles. The Morgan fingerprint density at radius 2 is 1.02 bits per heavy atom. The molecule has 0 N–H and O–H groups in total. The Morgan fingerprint density at radius 3 is 1.75 bits per heavy atom. The summed E-state index contributed by atoms with van der Waals surface area (Å²) in [7, 11) is 0. The summed E-state index contributed by atoms with van der Waals surface area (Å²) in [5.41, 5.74) is 18.2. The van der Waals surface area contributed by atoms with E-state index in [4.69, 9.17) is 9.47 Å². The van der Waals surface area contributed by atoms with Gasteiger partial charge in [0, 0.05) is 22.6 Å². The first-order valence-electron chi connectivity index (χ1n) is 21.4. The molecule has 3 heteroatoms. The van der Waals surface area contributed by atoms with Gasteiger partial charge in [0.15, 0.2) is 23.0 Å². The van der Waals surface area contributed by atoms with Gasteiger partial charge in [-0.25, -0.2) is 0 Å². The Bertz CT molecular complexity index is 3160. The van der Waals surface area contributed by atoms with Crippen molar-refractivity contribution >= 4 is 11.4 Å². The predicted octanol–water partition coefficient (Wildman–Crippen LogP) is 14.7. The Balaban J connectivity index is 0.946. The summed E-state index contributed by atoms with van der Waals surface area (Å²) >= 11 is 0. The molecule has 8 aromatic carbocycles. The van der Waals surface area contributed by atoms with Crippen LogP contribution < -0.4 is 14.4 Å². The number of hydrogen-bond donors (Lipinski definition) is 0. The van der Waals surface area contributed by atoms with Gasteiger partial charge < -0.3 is 14.4 Å². The van der Waals surface area contributed by atoms with Crippen molar-refractivity contribution in [2.45, 2.75) is 36.6 Å². The van der Waals surface area contributed by atoms with Crippen LogP contribution in [0.15, 0.2) is 200 Å². The van der Waals surface area contributed by atoms with Crippen LogP contribution in [0.25, 0.3) is 33.4 Å². The third-order valence-electron chi connectivity index (χ3n) is 14.2. The van der Waals surface area contributed by atoms with Crippen LogP contribution in [-0.4, -0.2) is 6.04 Å². The van der Waals surface area contributed by atoms with E-state index in [1.54, 1.807) is 0 Å². The average Bonchev–Trinajstić information content (AvgIpc) is 3.88. The lowest BCUT2D eigenvalue weighted by Gasteiger charge is -2.39. The molecule has 4 aliphatic carbocycles. The minimum absolute atomic E-state index is 0.0527. The van der Waals surface area contributed by atoms with Crippen molar-refractivity contribution in [3.05, 3.63) is 239 Å². The van der Waals surface area contributed by atoms with Gasteiger partial charge in [0.1, 0.15) is 0 Å². The molecule has 8 aromatic rings. The van der Waals surface area contributed by atoms with Gasteiger partial charge in [-0.1, -0.05) is 184 Å². The zero-order valence-corrected chi connectivity index (χ0v) is 34.0. The van der Waals surface area contributed by atoms with Gasteiger partial charge in [0.05, 0.1) is 17.1 Å². The van der Waals surface area contributed by atoms with Crippen LogP contribution in [0.1, 0.15) is 58.7 Å². The van der Waals surface area contributed by atoms with Crippen molar-refractivity contribution < 1.29 is 9.47 Å². The second-order valence-corrected chi connectivity index (χ2v) is 17.5. The summed E-state index contributed by atoms with van der Waals surface area (Å²) in [6, 6.07) is 64.1. The normalized spacial score (nSPS) is 18.1. The largest absolute Gasteiger partial charge is 0.449 e. The van der Waals surface area contributed by atoms with E-state index >= 15 is 0 Å². The number of anilines is 2. The molecule has 0 aromatic heterocycles. The van der Waals surface area contributed by atoms with E-state index in [0.717, 1.165) is 22.7 Å². The molecule has 3 nitrogen and oxygen atoms in total. The number of fused-ring (bicyclic) bond motifs is 16. The predicted molar refractivity (Wildman–Crippen MR) is 247 cm³/mol. The lowest BCUT2D eigenvalue weighted by Crippen LogP contribution is -2.35. The Kier molecular flexibility index (Phi) is 7.11. The molecule has 1 spiro atoms. The number of hydrogen-bond acceptors (Lipinski definition) is 3. The van der Waals surface area contributed by atoms with Crippen LogP contribution in [0.5, 0.6) is 23.0 Å². The number of ether oxygens (including phenoxy) is 2. The van der Waals surface area contributed by atoms with Crippen LogP contribution in [0.4, 0.5) is 11.4 Å². The average molecular weight is 784 g/mol. The first-order chi connectivity index (χ1) is 30.0. The molecule has 2 atom stereocenters. The molecule has 61 heavy (non-hydrogen) atoms. The van der Waals surface area contributed by atoms with Crippen molar-refractivity contribution in [2.24, 2.45) is 0 Å². The molecule has 1 heterocycles. The van der Waals surface area contributed by atoms with E-state index in [0.29, 0.717) is 17.2 Å². The highest BCUT2D eigenvalue weighted by molar-refractivity contribution is 5.98. The smallest absolute Gasteiger partial charge is 0.193 e. The van der Waals surface area contributed by atoms with Crippen molar-refractivity contribution in [3.63, 3.8) is 0 Å². The molecule has 0 saturated carbocycles. The lowest BCUT2D eigenvalue weighted by molar-refractivity contribution is 0.360. The van der Waals surface area contributed by atoms with E-state index in [1.165, 1.54) is 66.8 Å². The topological polar surface area (TPSA) is 21.7 Å². The van der Waals surface area contributed by atoms with Crippen molar-refractivity contribution in [1.29, 1.82) is 0 Å². The molecular formula is C58H41NO2. The zero-order chi connectivity index (χ0) is 40.5. The maximum absolute atomic E-state index is 7.20. The fraction of sp³-hybridized carbons (Fsp3) is 0.103. The molecule has 290 valence electrons. The summed E-state index contributed by atoms with van der Waals surface area (Å²) in [5, 5.41) is 0. The standard InChI is InChI=1S/C58H41NO2/c1-57(2)44-24-11-6-20-39(44)42-32-31-36(35-49(42)57)38-19-10-15-28-50(38)59(37-17-4-3-5-18-37)51-29-16-30-52-55(51)60-53-34-33-48-54(56(53)61-52)43-23-9-14-27-47(43)58(48)45-25-12-7-21-40(45)41-22-8-13-26-46(41)58/h3-35,38,50H,1-2H3. The first kappa shape index (κ1) is 34.5. The van der Waals surface area contributed by atoms with Gasteiger partial charge in [-0.2, -0.15) is 0 Å². The highest BCUT2D eigenvalue weighted by atomic mass is 16.6. The van der Waals surface area contributed by atoms with Crippen molar-refractivity contribution in [2.75, 3.05) is 4.90 Å². The SMILES string of the molecule is CC1(C)c2ccccc2-c2ccc(C3C=CC=CC3N(c3ccccc3)c3cccc4c3Oc3ccc5c(c3O4)-c3ccccc3C53c4ccccc4-c4ccccc43)cc21. The number of rotatable bonds is 4. The van der Waals surface area contributed by atoms with Crippen LogP contribution in [-0.2, 0) is 10.8 Å². The second-order valence-electron chi connectivity index (χ2n) is 17.5. The number of benzene rings is 8. The molecule has 13 rings (SSSR count). The van der Waals surface area contributed by atoms with E-state index in [-0.39, 0.29) is 17.4 Å². The van der Waals surface area contributed by atoms with Crippen molar-refractivity contribution in [1.82, 2.24) is 0 Å². The Hall–Kier alpha value is -7.36. The summed E-state index contributed by atoms with van der Waals surface area (Å²) in [6.07, 6.45) is 9.07. The fourth-order valence-electron chi connectivity index (χ4n) is 11.6. The van der Waals surface area contributed by atoms with E-state index < -0.39 is 5.41 Å². The van der Waals surface area contributed by atoms with Gasteiger partial charge in [0.2, 0.25) is 0 Å². The summed E-state index contributed by atoms with van der Waals surface area (Å²) in [6.45, 7) is 4.72. The zero-order valence-electron chi connectivity index (χ0n) is 34.0. The molecule has 2 unspecified atom stereocenters. The quantitative estimate of drug-likeness (QED) is 0.177. The number of para-hydroxylation sites is 2. The van der Waals surface area contributed by atoms with Crippen LogP contribution in [0.2, 0.25) is 0 Å². The van der Waals surface area contributed by atoms with Crippen LogP contribution in [0.3, 0.4) is 0 Å². The molecule has 0 radical (unpaired) electrons. The highest BCUT2D eigenvalue weighted by Crippen LogP contribution is 2.67.